The first-order valence-corrected chi connectivity index (χ1v) is 11.1. The van der Waals surface area contributed by atoms with Crippen LogP contribution in [0.15, 0.2) is 54.7 Å². The van der Waals surface area contributed by atoms with E-state index in [0.717, 1.165) is 36.9 Å². The molecule has 0 spiro atoms. The first-order chi connectivity index (χ1) is 14.6. The van der Waals surface area contributed by atoms with Crippen LogP contribution in [0.5, 0.6) is 5.75 Å². The number of carbonyl (C=O) groups excluding carboxylic acids is 1. The third kappa shape index (κ3) is 3.34. The molecular weight excluding hydrogens is 372 g/mol. The monoisotopic (exact) mass is 400 g/mol. The summed E-state index contributed by atoms with van der Waals surface area (Å²) < 4.78 is 6.34. The average molecular weight is 401 g/mol. The molecule has 2 aromatic carbocycles. The third-order valence-electron chi connectivity index (χ3n) is 6.78. The normalized spacial score (nSPS) is 23.0. The van der Waals surface area contributed by atoms with E-state index < -0.39 is 0 Å². The Morgan fingerprint density at radius 2 is 1.80 bits per heavy atom. The van der Waals surface area contributed by atoms with Crippen LogP contribution in [0, 0.1) is 6.92 Å². The number of pyridine rings is 1. The van der Waals surface area contributed by atoms with Crippen LogP contribution < -0.4 is 4.74 Å². The molecule has 0 aliphatic carbocycles. The first kappa shape index (κ1) is 19.1. The Morgan fingerprint density at radius 1 is 1.07 bits per heavy atom. The Morgan fingerprint density at radius 3 is 2.50 bits per heavy atom. The van der Waals surface area contributed by atoms with Gasteiger partial charge in [-0.3, -0.25) is 9.78 Å². The van der Waals surface area contributed by atoms with Crippen molar-refractivity contribution in [3.63, 3.8) is 0 Å². The molecule has 2 bridgehead atoms. The number of aromatic nitrogens is 1. The molecule has 2 aliphatic heterocycles. The van der Waals surface area contributed by atoms with E-state index in [1.54, 1.807) is 0 Å². The summed E-state index contributed by atoms with van der Waals surface area (Å²) in [5.41, 5.74) is 4.64. The molecule has 0 radical (unpaired) electrons. The maximum Gasteiger partial charge on any atom is 0.222 e. The van der Waals surface area contributed by atoms with E-state index in [9.17, 15) is 4.79 Å². The Bertz CT molecular complexity index is 1060. The van der Waals surface area contributed by atoms with Gasteiger partial charge in [0.1, 0.15) is 11.9 Å². The smallest absolute Gasteiger partial charge is 0.222 e. The second kappa shape index (κ2) is 7.75. The van der Waals surface area contributed by atoms with Gasteiger partial charge in [-0.25, -0.2) is 0 Å². The van der Waals surface area contributed by atoms with Gasteiger partial charge in [-0.1, -0.05) is 37.3 Å². The number of hydrogen-bond donors (Lipinski definition) is 0. The summed E-state index contributed by atoms with van der Waals surface area (Å²) in [4.78, 5) is 18.9. The molecule has 3 heterocycles. The summed E-state index contributed by atoms with van der Waals surface area (Å²) in [5.74, 6) is 1.21. The van der Waals surface area contributed by atoms with Crippen LogP contribution in [0.2, 0.25) is 0 Å². The van der Waals surface area contributed by atoms with Crippen LogP contribution in [0.4, 0.5) is 0 Å². The summed E-state index contributed by atoms with van der Waals surface area (Å²) in [7, 11) is 0. The van der Waals surface area contributed by atoms with Gasteiger partial charge in [0.05, 0.1) is 5.52 Å². The zero-order valence-electron chi connectivity index (χ0n) is 17.7. The average Bonchev–Trinajstić information content (AvgIpc) is 3.05. The number of fused-ring (bicyclic) bond motifs is 3. The second-order valence-electron chi connectivity index (χ2n) is 8.59. The maximum atomic E-state index is 12.3. The minimum atomic E-state index is 0.195. The Labute approximate surface area is 177 Å². The molecule has 1 amide bonds. The van der Waals surface area contributed by atoms with Gasteiger partial charge in [-0.05, 0) is 54.7 Å². The van der Waals surface area contributed by atoms with Gasteiger partial charge in [0, 0.05) is 42.9 Å². The number of piperidine rings is 1. The van der Waals surface area contributed by atoms with Crippen LogP contribution in [-0.4, -0.2) is 34.0 Å². The van der Waals surface area contributed by atoms with Gasteiger partial charge in [0.15, 0.2) is 0 Å². The van der Waals surface area contributed by atoms with Crippen LogP contribution in [0.3, 0.4) is 0 Å². The highest BCUT2D eigenvalue weighted by molar-refractivity contribution is 5.88. The summed E-state index contributed by atoms with van der Waals surface area (Å²) >= 11 is 0. The van der Waals surface area contributed by atoms with E-state index >= 15 is 0 Å². The quantitative estimate of drug-likeness (QED) is 0.579. The lowest BCUT2D eigenvalue weighted by molar-refractivity contribution is -0.136. The van der Waals surface area contributed by atoms with Crippen LogP contribution in [-0.2, 0) is 4.79 Å². The predicted octanol–water partition coefficient (Wildman–Crippen LogP) is 5.52. The molecule has 0 saturated carbocycles. The van der Waals surface area contributed by atoms with Crippen molar-refractivity contribution in [1.29, 1.82) is 0 Å². The molecule has 3 aromatic rings. The standard InChI is InChI=1S/C26H28N2O2/c1-3-25(29)28-20-9-10-21(28)16-23(15-20)30-22-11-6-18(7-12-22)24-13-8-19-5-4-14-27-26(19)17(24)2/h4-8,11-14,20-21,23H,3,9-10,15-16H2,1-2H3/t20-,21?,23-/m0/s1. The minimum absolute atomic E-state index is 0.195. The highest BCUT2D eigenvalue weighted by atomic mass is 16.5. The Kier molecular flexibility index (Phi) is 4.93. The molecule has 2 saturated heterocycles. The number of nitrogens with zero attached hydrogens (tertiary/aromatic N) is 2. The van der Waals surface area contributed by atoms with Crippen molar-refractivity contribution in [1.82, 2.24) is 9.88 Å². The van der Waals surface area contributed by atoms with Crippen molar-refractivity contribution in [2.24, 2.45) is 0 Å². The number of ether oxygens (including phenoxy) is 1. The number of carbonyl (C=O) groups is 1. The van der Waals surface area contributed by atoms with Gasteiger partial charge >= 0.3 is 0 Å². The van der Waals surface area contributed by atoms with E-state index in [0.29, 0.717) is 24.4 Å². The number of aryl methyl sites for hydroxylation is 1. The lowest BCUT2D eigenvalue weighted by Gasteiger charge is -2.38. The highest BCUT2D eigenvalue weighted by Gasteiger charge is 2.43. The van der Waals surface area contributed by atoms with E-state index in [2.05, 4.69) is 59.3 Å². The second-order valence-corrected chi connectivity index (χ2v) is 8.59. The molecule has 1 aromatic heterocycles. The van der Waals surface area contributed by atoms with Crippen LogP contribution in [0.25, 0.3) is 22.0 Å². The van der Waals surface area contributed by atoms with Crippen molar-refractivity contribution in [2.75, 3.05) is 0 Å². The molecule has 4 nitrogen and oxygen atoms in total. The topological polar surface area (TPSA) is 42.4 Å². The molecule has 5 rings (SSSR count). The number of amides is 1. The zero-order valence-corrected chi connectivity index (χ0v) is 17.7. The molecule has 2 fully saturated rings. The van der Waals surface area contributed by atoms with E-state index in [4.69, 9.17) is 4.74 Å². The van der Waals surface area contributed by atoms with Gasteiger partial charge in [-0.15, -0.1) is 0 Å². The Balaban J connectivity index is 1.31. The molecule has 30 heavy (non-hydrogen) atoms. The van der Waals surface area contributed by atoms with Crippen molar-refractivity contribution in [2.45, 2.75) is 64.1 Å². The molecule has 4 heteroatoms. The maximum absolute atomic E-state index is 12.3. The molecular formula is C26H28N2O2. The summed E-state index contributed by atoms with van der Waals surface area (Å²) in [5, 5.41) is 1.17. The fourth-order valence-corrected chi connectivity index (χ4v) is 5.32. The summed E-state index contributed by atoms with van der Waals surface area (Å²) in [6.07, 6.45) is 6.76. The van der Waals surface area contributed by atoms with Crippen molar-refractivity contribution in [3.05, 3.63) is 60.3 Å². The number of rotatable bonds is 4. The SMILES string of the molecule is CCC(=O)N1C2CC[C@H]1C[C@H](Oc1ccc(-c3ccc4cccnc4c3C)cc1)C2. The third-order valence-corrected chi connectivity index (χ3v) is 6.78. The minimum Gasteiger partial charge on any atom is -0.490 e. The van der Waals surface area contributed by atoms with Gasteiger partial charge in [0.2, 0.25) is 5.91 Å². The Hall–Kier alpha value is -2.88. The van der Waals surface area contributed by atoms with Crippen molar-refractivity contribution >= 4 is 16.8 Å². The summed E-state index contributed by atoms with van der Waals surface area (Å²) in [6.45, 7) is 4.09. The highest BCUT2D eigenvalue weighted by Crippen LogP contribution is 2.38. The van der Waals surface area contributed by atoms with E-state index in [1.807, 2.05) is 19.2 Å². The van der Waals surface area contributed by atoms with E-state index in [1.165, 1.54) is 22.1 Å². The molecule has 1 unspecified atom stereocenters. The first-order valence-electron chi connectivity index (χ1n) is 11.1. The van der Waals surface area contributed by atoms with Crippen molar-refractivity contribution in [3.8, 4) is 16.9 Å². The van der Waals surface area contributed by atoms with Crippen LogP contribution >= 0.6 is 0 Å². The van der Waals surface area contributed by atoms with Crippen LogP contribution in [0.1, 0.15) is 44.6 Å². The van der Waals surface area contributed by atoms with Gasteiger partial charge < -0.3 is 9.64 Å². The van der Waals surface area contributed by atoms with Gasteiger partial charge in [0.25, 0.3) is 0 Å². The zero-order chi connectivity index (χ0) is 20.7. The fraction of sp³-hybridized carbons (Fsp3) is 0.385. The fourth-order valence-electron chi connectivity index (χ4n) is 5.32. The summed E-state index contributed by atoms with van der Waals surface area (Å²) in [6, 6.07) is 17.5. The lowest BCUT2D eigenvalue weighted by Crippen LogP contribution is -2.49. The lowest BCUT2D eigenvalue weighted by atomic mass is 9.97. The predicted molar refractivity (Wildman–Crippen MR) is 120 cm³/mol. The number of hydrogen-bond acceptors (Lipinski definition) is 3. The van der Waals surface area contributed by atoms with E-state index in [-0.39, 0.29) is 6.10 Å². The molecule has 154 valence electrons. The molecule has 3 atom stereocenters. The molecule has 2 aliphatic rings. The molecule has 0 N–H and O–H groups in total. The largest absolute Gasteiger partial charge is 0.490 e. The number of benzene rings is 2. The van der Waals surface area contributed by atoms with Crippen molar-refractivity contribution < 1.29 is 9.53 Å². The van der Waals surface area contributed by atoms with Gasteiger partial charge in [-0.2, -0.15) is 0 Å².